The van der Waals surface area contributed by atoms with Gasteiger partial charge in [0.1, 0.15) is 13.2 Å². The third kappa shape index (κ3) is 62.8. The summed E-state index contributed by atoms with van der Waals surface area (Å²) in [5.74, 6) is -0.183. The fourth-order valence-corrected chi connectivity index (χ4v) is 10.1. The minimum atomic E-state index is -4.36. The van der Waals surface area contributed by atoms with Crippen molar-refractivity contribution in [2.45, 2.75) is 296 Å². The van der Waals surface area contributed by atoms with Crippen LogP contribution in [0.4, 0.5) is 0 Å². The molecule has 9 heteroatoms. The summed E-state index contributed by atoms with van der Waals surface area (Å²) in [5.41, 5.74) is 0. The normalized spacial score (nSPS) is 14.4. The van der Waals surface area contributed by atoms with Crippen molar-refractivity contribution >= 4 is 13.7 Å². The second-order valence-electron chi connectivity index (χ2n) is 23.5. The molecule has 0 fully saturated rings. The van der Waals surface area contributed by atoms with Crippen LogP contribution in [0.25, 0.3) is 0 Å². The Bertz CT molecular complexity index is 1670. The molecular formula is C71H128N2O6P+. The van der Waals surface area contributed by atoms with Gasteiger partial charge in [-0.3, -0.25) is 13.8 Å². The van der Waals surface area contributed by atoms with Gasteiger partial charge in [-0.25, -0.2) is 4.57 Å². The molecule has 0 rings (SSSR count). The average Bonchev–Trinajstić information content (AvgIpc) is 3.42. The molecule has 0 aliphatic carbocycles. The Morgan fingerprint density at radius 1 is 0.438 bits per heavy atom. The molecule has 3 unspecified atom stereocenters. The smallest absolute Gasteiger partial charge is 0.387 e. The molecule has 8 nitrogen and oxygen atoms in total. The zero-order valence-electron chi connectivity index (χ0n) is 52.8. The zero-order valence-corrected chi connectivity index (χ0v) is 53.7. The van der Waals surface area contributed by atoms with Crippen LogP contribution in [0.1, 0.15) is 284 Å². The van der Waals surface area contributed by atoms with Crippen molar-refractivity contribution in [3.8, 4) is 0 Å². The van der Waals surface area contributed by atoms with Crippen LogP contribution in [0.3, 0.4) is 0 Å². The molecule has 0 aliphatic heterocycles. The predicted molar refractivity (Wildman–Crippen MR) is 350 cm³/mol. The number of quaternary nitrogens is 1. The largest absolute Gasteiger partial charge is 0.472 e. The summed E-state index contributed by atoms with van der Waals surface area (Å²) in [4.78, 5) is 23.4. The molecule has 0 bridgehead atoms. The third-order valence-electron chi connectivity index (χ3n) is 14.5. The first-order valence-corrected chi connectivity index (χ1v) is 34.8. The van der Waals surface area contributed by atoms with Crippen molar-refractivity contribution in [1.82, 2.24) is 5.32 Å². The SMILES string of the molecule is CC/C=C\C/C=C\C/C=C\C/C=C\C/C=C\C/C=C\C/C=C\C/C=C\CCCCCCCCCCCCC(=O)NC(COP(=O)(O)OCC[N+](C)(C)C)C(O)/C=C/CCCCCCCCCCCCCCCCCCCCCCC. The van der Waals surface area contributed by atoms with E-state index in [1.165, 1.54) is 167 Å². The molecule has 0 aromatic carbocycles. The minimum Gasteiger partial charge on any atom is -0.387 e. The van der Waals surface area contributed by atoms with Gasteiger partial charge in [0.15, 0.2) is 0 Å². The highest BCUT2D eigenvalue weighted by atomic mass is 31.2. The Hall–Kier alpha value is -2.84. The van der Waals surface area contributed by atoms with Gasteiger partial charge in [0.25, 0.3) is 0 Å². The van der Waals surface area contributed by atoms with Crippen LogP contribution in [0, 0.1) is 0 Å². The number of phosphoric ester groups is 1. The first kappa shape index (κ1) is 77.2. The summed E-state index contributed by atoms with van der Waals surface area (Å²) in [6, 6.07) is -0.857. The molecule has 0 spiro atoms. The maximum Gasteiger partial charge on any atom is 0.472 e. The lowest BCUT2D eigenvalue weighted by Gasteiger charge is -2.25. The molecular weight excluding hydrogens is 1010 g/mol. The highest BCUT2D eigenvalue weighted by molar-refractivity contribution is 7.47. The zero-order chi connectivity index (χ0) is 58.4. The number of amides is 1. The Morgan fingerprint density at radius 2 is 0.750 bits per heavy atom. The number of carbonyl (C=O) groups excluding carboxylic acids is 1. The summed E-state index contributed by atoms with van der Waals surface area (Å²) in [5, 5.41) is 14.0. The van der Waals surface area contributed by atoms with Gasteiger partial charge in [0.2, 0.25) is 5.91 Å². The highest BCUT2D eigenvalue weighted by Gasteiger charge is 2.28. The van der Waals surface area contributed by atoms with Gasteiger partial charge < -0.3 is 19.8 Å². The lowest BCUT2D eigenvalue weighted by Crippen LogP contribution is -2.45. The lowest BCUT2D eigenvalue weighted by atomic mass is 10.0. The Labute approximate surface area is 495 Å². The van der Waals surface area contributed by atoms with E-state index in [1.807, 2.05) is 27.2 Å². The number of rotatable bonds is 60. The lowest BCUT2D eigenvalue weighted by molar-refractivity contribution is -0.870. The molecule has 0 saturated carbocycles. The van der Waals surface area contributed by atoms with Crippen LogP contribution >= 0.6 is 7.82 Å². The number of hydrogen-bond donors (Lipinski definition) is 3. The van der Waals surface area contributed by atoms with Crippen molar-refractivity contribution in [3.63, 3.8) is 0 Å². The summed E-state index contributed by atoms with van der Waals surface area (Å²) in [6.07, 6.45) is 89.2. The van der Waals surface area contributed by atoms with Gasteiger partial charge in [-0.05, 0) is 83.5 Å². The number of aliphatic hydroxyl groups excluding tert-OH is 1. The maximum atomic E-state index is 13.0. The number of nitrogens with one attached hydrogen (secondary N) is 1. The molecule has 3 N–H and O–H groups in total. The van der Waals surface area contributed by atoms with Crippen LogP contribution in [0.5, 0.6) is 0 Å². The second kappa shape index (κ2) is 60.7. The van der Waals surface area contributed by atoms with E-state index in [-0.39, 0.29) is 19.1 Å². The fraction of sp³-hybridized carbons (Fsp3) is 0.732. The maximum absolute atomic E-state index is 13.0. The second-order valence-corrected chi connectivity index (χ2v) is 24.9. The number of phosphoric acid groups is 1. The van der Waals surface area contributed by atoms with E-state index >= 15 is 0 Å². The molecule has 0 saturated heterocycles. The van der Waals surface area contributed by atoms with Crippen molar-refractivity contribution < 1.29 is 32.9 Å². The molecule has 0 aromatic rings. The average molecular weight is 1140 g/mol. The van der Waals surface area contributed by atoms with Crippen LogP contribution in [-0.2, 0) is 18.4 Å². The van der Waals surface area contributed by atoms with Crippen LogP contribution in [-0.4, -0.2) is 73.4 Å². The Kier molecular flexibility index (Phi) is 58.6. The van der Waals surface area contributed by atoms with Crippen LogP contribution in [0.2, 0.25) is 0 Å². The van der Waals surface area contributed by atoms with Gasteiger partial charge in [0, 0.05) is 6.42 Å². The number of likely N-dealkylation sites (N-methyl/N-ethyl adjacent to an activating group) is 1. The number of allylic oxidation sites excluding steroid dienone is 17. The number of nitrogens with zero attached hydrogens (tertiary/aromatic N) is 1. The molecule has 0 aromatic heterocycles. The first-order valence-electron chi connectivity index (χ1n) is 33.3. The third-order valence-corrected chi connectivity index (χ3v) is 15.5. The molecule has 462 valence electrons. The number of aliphatic hydroxyl groups is 1. The van der Waals surface area contributed by atoms with E-state index < -0.39 is 20.0 Å². The van der Waals surface area contributed by atoms with Gasteiger partial charge >= 0.3 is 7.82 Å². The summed E-state index contributed by atoms with van der Waals surface area (Å²) < 4.78 is 23.8. The van der Waals surface area contributed by atoms with Crippen LogP contribution < -0.4 is 5.32 Å². The molecule has 1 amide bonds. The molecule has 0 aliphatic rings. The Balaban J connectivity index is 4.15. The first-order chi connectivity index (χ1) is 39.0. The van der Waals surface area contributed by atoms with Crippen molar-refractivity contribution in [1.29, 1.82) is 0 Å². The summed E-state index contributed by atoms with van der Waals surface area (Å²) in [7, 11) is 1.56. The topological polar surface area (TPSA) is 105 Å². The van der Waals surface area contributed by atoms with E-state index in [1.54, 1.807) is 6.08 Å². The van der Waals surface area contributed by atoms with Crippen molar-refractivity contribution in [3.05, 3.63) is 109 Å². The van der Waals surface area contributed by atoms with E-state index in [0.29, 0.717) is 17.4 Å². The quantitative estimate of drug-likeness (QED) is 0.0243. The van der Waals surface area contributed by atoms with Crippen molar-refractivity contribution in [2.75, 3.05) is 40.9 Å². The van der Waals surface area contributed by atoms with E-state index in [0.717, 1.165) is 96.3 Å². The minimum absolute atomic E-state index is 0.0564. The monoisotopic (exact) mass is 1140 g/mol. The standard InChI is InChI=1S/C71H127N2O6P/c1-6-8-10-12-14-16-18-20-22-24-26-28-30-31-32-33-34-35-36-37-38-39-40-41-43-45-47-49-51-53-55-57-59-61-63-65-71(75)72-69(68-79-80(76,77)78-67-66-73(3,4)5)70(74)64-62-60-58-56-54-52-50-48-46-44-42-29-27-25-23-21-19-17-15-13-11-9-7-2/h8,10,14,16,20,22,26,28,31-32,34-35,37-38,40-41,62,64,69-70,74H,6-7,9,11-13,15,17-19,21,23-25,27,29-30,33,36,39,42-61,63,65-68H2,1-5H3,(H-,72,75,76,77)/p+1/b10-8-,16-14-,22-20-,28-26-,32-31-,35-34-,38-37-,41-40-,64-62+. The molecule has 3 atom stereocenters. The number of carbonyl (C=O) groups is 1. The molecule has 80 heavy (non-hydrogen) atoms. The Morgan fingerprint density at radius 3 is 1.10 bits per heavy atom. The van der Waals surface area contributed by atoms with Crippen LogP contribution in [0.15, 0.2) is 109 Å². The van der Waals surface area contributed by atoms with Gasteiger partial charge in [0.05, 0.1) is 39.9 Å². The fourth-order valence-electron chi connectivity index (χ4n) is 9.35. The molecule has 0 heterocycles. The molecule has 0 radical (unpaired) electrons. The predicted octanol–water partition coefficient (Wildman–Crippen LogP) is 21.1. The van der Waals surface area contributed by atoms with E-state index in [4.69, 9.17) is 9.05 Å². The summed E-state index contributed by atoms with van der Waals surface area (Å²) >= 11 is 0. The summed E-state index contributed by atoms with van der Waals surface area (Å²) in [6.45, 7) is 4.72. The van der Waals surface area contributed by atoms with Gasteiger partial charge in [-0.1, -0.05) is 303 Å². The van der Waals surface area contributed by atoms with E-state index in [2.05, 4.69) is 116 Å². The van der Waals surface area contributed by atoms with E-state index in [9.17, 15) is 19.4 Å². The number of unbranched alkanes of at least 4 members (excludes halogenated alkanes) is 31. The van der Waals surface area contributed by atoms with Crippen molar-refractivity contribution in [2.24, 2.45) is 0 Å². The highest BCUT2D eigenvalue weighted by Crippen LogP contribution is 2.43. The van der Waals surface area contributed by atoms with Gasteiger partial charge in [-0.15, -0.1) is 0 Å². The number of hydrogen-bond acceptors (Lipinski definition) is 5. The van der Waals surface area contributed by atoms with Gasteiger partial charge in [-0.2, -0.15) is 0 Å².